The minimum absolute atomic E-state index is 0.0338. The average Bonchev–Trinajstić information content (AvgIpc) is 3.45. The first-order valence-corrected chi connectivity index (χ1v) is 10.7. The van der Waals surface area contributed by atoms with Gasteiger partial charge in [0.05, 0.1) is 12.6 Å². The largest absolute Gasteiger partial charge is 0.327 e. The molecule has 1 atom stereocenters. The van der Waals surface area contributed by atoms with Crippen LogP contribution in [0.3, 0.4) is 0 Å². The molecule has 0 saturated heterocycles. The van der Waals surface area contributed by atoms with E-state index in [4.69, 9.17) is 0 Å². The zero-order valence-corrected chi connectivity index (χ0v) is 16.8. The number of hydrogen-bond acceptors (Lipinski definition) is 3. The molecule has 0 radical (unpaired) electrons. The van der Waals surface area contributed by atoms with E-state index in [2.05, 4.69) is 28.7 Å². The first-order chi connectivity index (χ1) is 14.3. The van der Waals surface area contributed by atoms with Crippen molar-refractivity contribution in [1.29, 1.82) is 0 Å². The molecule has 4 nitrogen and oxygen atoms in total. The molecule has 1 amide bonds. The van der Waals surface area contributed by atoms with Gasteiger partial charge in [0, 0.05) is 29.4 Å². The summed E-state index contributed by atoms with van der Waals surface area (Å²) in [5.41, 5.74) is 4.22. The van der Waals surface area contributed by atoms with Crippen molar-refractivity contribution in [1.82, 2.24) is 14.7 Å². The summed E-state index contributed by atoms with van der Waals surface area (Å²) in [5.74, 6) is 0.0815. The number of benzene rings is 2. The van der Waals surface area contributed by atoms with E-state index >= 15 is 0 Å². The molecule has 1 unspecified atom stereocenters. The van der Waals surface area contributed by atoms with E-state index in [0.29, 0.717) is 6.54 Å². The van der Waals surface area contributed by atoms with E-state index in [1.807, 2.05) is 64.3 Å². The number of thiophene rings is 1. The van der Waals surface area contributed by atoms with Crippen molar-refractivity contribution in [2.75, 3.05) is 6.54 Å². The Bertz CT molecular complexity index is 1120. The molecule has 0 bridgehead atoms. The van der Waals surface area contributed by atoms with Crippen molar-refractivity contribution in [3.05, 3.63) is 112 Å². The van der Waals surface area contributed by atoms with E-state index < -0.39 is 0 Å². The van der Waals surface area contributed by atoms with Crippen molar-refractivity contribution in [2.24, 2.45) is 0 Å². The molecule has 2 aromatic heterocycles. The van der Waals surface area contributed by atoms with Crippen molar-refractivity contribution in [3.63, 3.8) is 0 Å². The second-order valence-corrected chi connectivity index (χ2v) is 8.27. The van der Waals surface area contributed by atoms with Crippen LogP contribution in [0.5, 0.6) is 0 Å². The molecule has 0 spiro atoms. The number of hydrogen-bond donors (Lipinski definition) is 0. The fourth-order valence-corrected chi connectivity index (χ4v) is 4.98. The molecule has 5 rings (SSSR count). The molecular formula is C24H21N3OS. The molecule has 2 aromatic carbocycles. The Kier molecular flexibility index (Phi) is 4.74. The fraction of sp³-hybridized carbons (Fsp3) is 0.167. The van der Waals surface area contributed by atoms with Crippen LogP contribution in [0, 0.1) is 0 Å². The van der Waals surface area contributed by atoms with E-state index in [1.54, 1.807) is 17.5 Å². The number of nitrogens with zero attached hydrogens (tertiary/aromatic N) is 3. The van der Waals surface area contributed by atoms with Crippen LogP contribution in [0.25, 0.3) is 0 Å². The molecular weight excluding hydrogens is 378 g/mol. The molecule has 144 valence electrons. The monoisotopic (exact) mass is 399 g/mol. The van der Waals surface area contributed by atoms with Crippen LogP contribution < -0.4 is 0 Å². The minimum atomic E-state index is -0.0338. The lowest BCUT2D eigenvalue weighted by Crippen LogP contribution is -2.40. The second-order valence-electron chi connectivity index (χ2n) is 7.26. The molecule has 0 saturated carbocycles. The zero-order valence-electron chi connectivity index (χ0n) is 15.9. The summed E-state index contributed by atoms with van der Waals surface area (Å²) < 4.78 is 1.87. The number of fused-ring (bicyclic) bond motifs is 1. The number of carbonyl (C=O) groups is 1. The molecule has 0 N–H and O–H groups in total. The van der Waals surface area contributed by atoms with Crippen molar-refractivity contribution >= 4 is 17.2 Å². The molecule has 1 aliphatic heterocycles. The third kappa shape index (κ3) is 3.49. The number of carbonyl (C=O) groups excluding carboxylic acids is 1. The fourth-order valence-electron chi connectivity index (χ4n) is 4.08. The van der Waals surface area contributed by atoms with Crippen LogP contribution in [0.2, 0.25) is 0 Å². The molecule has 3 heterocycles. The van der Waals surface area contributed by atoms with Gasteiger partial charge in [0.15, 0.2) is 0 Å². The van der Waals surface area contributed by atoms with E-state index in [1.165, 1.54) is 10.4 Å². The first-order valence-electron chi connectivity index (χ1n) is 9.78. The Balaban J connectivity index is 1.48. The van der Waals surface area contributed by atoms with Gasteiger partial charge in [-0.05, 0) is 52.8 Å². The lowest BCUT2D eigenvalue weighted by Gasteiger charge is -2.36. The van der Waals surface area contributed by atoms with Crippen LogP contribution in [-0.2, 0) is 13.0 Å². The Morgan fingerprint density at radius 1 is 1.07 bits per heavy atom. The summed E-state index contributed by atoms with van der Waals surface area (Å²) in [4.78, 5) is 17.0. The Morgan fingerprint density at radius 2 is 1.97 bits per heavy atom. The van der Waals surface area contributed by atoms with Gasteiger partial charge in [-0.15, -0.1) is 11.3 Å². The highest BCUT2D eigenvalue weighted by atomic mass is 32.1. The van der Waals surface area contributed by atoms with Crippen LogP contribution in [0.4, 0.5) is 0 Å². The normalized spacial score (nSPS) is 15.9. The highest BCUT2D eigenvalue weighted by Gasteiger charge is 2.33. The van der Waals surface area contributed by atoms with Crippen LogP contribution in [0.15, 0.2) is 84.5 Å². The lowest BCUT2D eigenvalue weighted by atomic mass is 9.92. The third-order valence-corrected chi connectivity index (χ3v) is 6.42. The Hall–Kier alpha value is -3.18. The van der Waals surface area contributed by atoms with Gasteiger partial charge in [-0.25, -0.2) is 0 Å². The van der Waals surface area contributed by atoms with Gasteiger partial charge < -0.3 is 4.90 Å². The second kappa shape index (κ2) is 7.68. The van der Waals surface area contributed by atoms with E-state index in [9.17, 15) is 4.79 Å². The molecule has 0 aliphatic carbocycles. The summed E-state index contributed by atoms with van der Waals surface area (Å²) in [6, 6.07) is 22.3. The number of rotatable bonds is 4. The zero-order chi connectivity index (χ0) is 19.6. The number of aromatic nitrogens is 2. The standard InChI is InChI=1S/C24H21N3OS/c28-24(20-9-4-6-18(16-20)17-26-13-5-12-25-26)27-14-10-22-21(11-15-29-22)23(27)19-7-2-1-3-8-19/h1-9,11-13,15-16,23H,10,14,17H2. The highest BCUT2D eigenvalue weighted by molar-refractivity contribution is 7.10. The quantitative estimate of drug-likeness (QED) is 0.495. The molecule has 1 aliphatic rings. The van der Waals surface area contributed by atoms with Crippen molar-refractivity contribution < 1.29 is 4.79 Å². The third-order valence-electron chi connectivity index (χ3n) is 5.42. The number of amides is 1. The Morgan fingerprint density at radius 3 is 2.79 bits per heavy atom. The van der Waals surface area contributed by atoms with Gasteiger partial charge in [-0.1, -0.05) is 42.5 Å². The molecule has 4 aromatic rings. The maximum Gasteiger partial charge on any atom is 0.254 e. The van der Waals surface area contributed by atoms with Gasteiger partial charge in [0.1, 0.15) is 0 Å². The smallest absolute Gasteiger partial charge is 0.254 e. The van der Waals surface area contributed by atoms with Crippen LogP contribution >= 0.6 is 11.3 Å². The maximum atomic E-state index is 13.6. The van der Waals surface area contributed by atoms with E-state index in [0.717, 1.165) is 29.7 Å². The molecule has 29 heavy (non-hydrogen) atoms. The van der Waals surface area contributed by atoms with Gasteiger partial charge in [-0.3, -0.25) is 9.48 Å². The van der Waals surface area contributed by atoms with Crippen molar-refractivity contribution in [2.45, 2.75) is 19.0 Å². The first kappa shape index (κ1) is 17.9. The van der Waals surface area contributed by atoms with E-state index in [-0.39, 0.29) is 11.9 Å². The van der Waals surface area contributed by atoms with Gasteiger partial charge >= 0.3 is 0 Å². The maximum absolute atomic E-state index is 13.6. The highest BCUT2D eigenvalue weighted by Crippen LogP contribution is 2.38. The van der Waals surface area contributed by atoms with Gasteiger partial charge in [0.25, 0.3) is 5.91 Å². The van der Waals surface area contributed by atoms with Gasteiger partial charge in [0.2, 0.25) is 0 Å². The molecule has 5 heteroatoms. The minimum Gasteiger partial charge on any atom is -0.327 e. The summed E-state index contributed by atoms with van der Waals surface area (Å²) in [6.45, 7) is 1.39. The van der Waals surface area contributed by atoms with Crippen LogP contribution in [-0.4, -0.2) is 27.1 Å². The van der Waals surface area contributed by atoms with Crippen LogP contribution in [0.1, 0.15) is 38.0 Å². The van der Waals surface area contributed by atoms with Crippen molar-refractivity contribution in [3.8, 4) is 0 Å². The predicted molar refractivity (Wildman–Crippen MR) is 115 cm³/mol. The Labute approximate surface area is 174 Å². The average molecular weight is 400 g/mol. The summed E-state index contributed by atoms with van der Waals surface area (Å²) >= 11 is 1.79. The SMILES string of the molecule is O=C(c1cccc(Cn2cccn2)c1)N1CCc2sccc2C1c1ccccc1. The molecule has 0 fully saturated rings. The lowest BCUT2D eigenvalue weighted by molar-refractivity contribution is 0.0696. The predicted octanol–water partition coefficient (Wildman–Crippen LogP) is 4.78. The summed E-state index contributed by atoms with van der Waals surface area (Å²) in [7, 11) is 0. The summed E-state index contributed by atoms with van der Waals surface area (Å²) in [5, 5.41) is 6.41. The topological polar surface area (TPSA) is 38.1 Å². The van der Waals surface area contributed by atoms with Gasteiger partial charge in [-0.2, -0.15) is 5.10 Å². The summed E-state index contributed by atoms with van der Waals surface area (Å²) in [6.07, 6.45) is 4.61.